The highest BCUT2D eigenvalue weighted by Crippen LogP contribution is 2.21. The van der Waals surface area contributed by atoms with Crippen molar-refractivity contribution in [1.29, 1.82) is 0 Å². The van der Waals surface area contributed by atoms with Gasteiger partial charge in [0.1, 0.15) is 5.82 Å². The molecule has 2 atom stereocenters. The van der Waals surface area contributed by atoms with E-state index in [0.717, 1.165) is 6.42 Å². The molecule has 0 N–H and O–H groups in total. The Balaban J connectivity index is 1.93. The summed E-state index contributed by atoms with van der Waals surface area (Å²) >= 11 is 3.17. The number of carbonyl (C=O) groups is 2. The van der Waals surface area contributed by atoms with Gasteiger partial charge in [-0.05, 0) is 36.5 Å². The van der Waals surface area contributed by atoms with Crippen LogP contribution >= 0.6 is 15.9 Å². The maximum Gasteiger partial charge on any atom is 0.341 e. The summed E-state index contributed by atoms with van der Waals surface area (Å²) in [7, 11) is 0. The van der Waals surface area contributed by atoms with E-state index < -0.39 is 11.8 Å². The second kappa shape index (κ2) is 7.22. The number of rotatable bonds is 3. The van der Waals surface area contributed by atoms with Crippen molar-refractivity contribution in [1.82, 2.24) is 4.90 Å². The van der Waals surface area contributed by atoms with Crippen molar-refractivity contribution in [3.8, 4) is 0 Å². The van der Waals surface area contributed by atoms with Gasteiger partial charge in [-0.15, -0.1) is 0 Å². The maximum atomic E-state index is 13.6. The van der Waals surface area contributed by atoms with E-state index >= 15 is 0 Å². The van der Waals surface area contributed by atoms with Crippen LogP contribution in [0, 0.1) is 17.7 Å². The molecule has 0 aliphatic carbocycles. The zero-order chi connectivity index (χ0) is 16.3. The molecule has 1 aromatic rings. The predicted octanol–water partition coefficient (Wildman–Crippen LogP) is 3.25. The lowest BCUT2D eigenvalue weighted by Crippen LogP contribution is -2.44. The summed E-state index contributed by atoms with van der Waals surface area (Å²) < 4.78 is 19.1. The molecule has 4 nitrogen and oxygen atoms in total. The van der Waals surface area contributed by atoms with Crippen molar-refractivity contribution >= 4 is 27.8 Å². The number of carbonyl (C=O) groups excluding carboxylic acids is 2. The Morgan fingerprint density at radius 3 is 2.59 bits per heavy atom. The molecule has 0 aromatic heterocycles. The van der Waals surface area contributed by atoms with Crippen molar-refractivity contribution in [2.24, 2.45) is 11.8 Å². The Labute approximate surface area is 137 Å². The summed E-state index contributed by atoms with van der Waals surface area (Å²) in [5.41, 5.74) is -0.178. The molecule has 1 aromatic carbocycles. The fraction of sp³-hybridized carbons (Fsp3) is 0.500. The third-order valence-corrected chi connectivity index (χ3v) is 4.19. The topological polar surface area (TPSA) is 46.6 Å². The third kappa shape index (κ3) is 4.29. The van der Waals surface area contributed by atoms with E-state index in [-0.39, 0.29) is 18.1 Å². The highest BCUT2D eigenvalue weighted by molar-refractivity contribution is 9.10. The molecule has 22 heavy (non-hydrogen) atoms. The fourth-order valence-corrected chi connectivity index (χ4v) is 3.18. The SMILES string of the molecule is CC1CC(C)CN(C(=O)COC(=O)c2cc(Br)ccc2F)C1. The molecule has 120 valence electrons. The van der Waals surface area contributed by atoms with E-state index in [4.69, 9.17) is 4.74 Å². The lowest BCUT2D eigenvalue weighted by atomic mass is 9.92. The van der Waals surface area contributed by atoms with Crippen LogP contribution in [0.3, 0.4) is 0 Å². The van der Waals surface area contributed by atoms with E-state index in [0.29, 0.717) is 29.4 Å². The molecule has 2 unspecified atom stereocenters. The van der Waals surface area contributed by atoms with E-state index in [9.17, 15) is 14.0 Å². The minimum Gasteiger partial charge on any atom is -0.452 e. The molecule has 0 spiro atoms. The second-order valence-electron chi connectivity index (χ2n) is 5.95. The van der Waals surface area contributed by atoms with Gasteiger partial charge in [0.2, 0.25) is 0 Å². The summed E-state index contributed by atoms with van der Waals surface area (Å²) in [5.74, 6) is -0.856. The smallest absolute Gasteiger partial charge is 0.341 e. The number of hydrogen-bond acceptors (Lipinski definition) is 3. The van der Waals surface area contributed by atoms with Gasteiger partial charge in [-0.2, -0.15) is 0 Å². The average molecular weight is 372 g/mol. The van der Waals surface area contributed by atoms with Gasteiger partial charge in [0.25, 0.3) is 5.91 Å². The average Bonchev–Trinajstić information content (AvgIpc) is 2.45. The minimum atomic E-state index is -0.828. The zero-order valence-corrected chi connectivity index (χ0v) is 14.2. The number of esters is 1. The van der Waals surface area contributed by atoms with Crippen molar-refractivity contribution in [2.45, 2.75) is 20.3 Å². The van der Waals surface area contributed by atoms with Gasteiger partial charge < -0.3 is 9.64 Å². The van der Waals surface area contributed by atoms with Crippen LogP contribution in [0.15, 0.2) is 22.7 Å². The molecule has 0 radical (unpaired) electrons. The van der Waals surface area contributed by atoms with Crippen LogP contribution in [0.4, 0.5) is 4.39 Å². The van der Waals surface area contributed by atoms with Gasteiger partial charge in [0, 0.05) is 17.6 Å². The molecule has 1 saturated heterocycles. The molecule has 2 rings (SSSR count). The molecule has 6 heteroatoms. The lowest BCUT2D eigenvalue weighted by Gasteiger charge is -2.34. The van der Waals surface area contributed by atoms with E-state index in [1.807, 2.05) is 0 Å². The Morgan fingerprint density at radius 2 is 1.95 bits per heavy atom. The highest BCUT2D eigenvalue weighted by atomic mass is 79.9. The molecule has 0 saturated carbocycles. The van der Waals surface area contributed by atoms with Crippen LogP contribution in [-0.4, -0.2) is 36.5 Å². The number of benzene rings is 1. The lowest BCUT2D eigenvalue weighted by molar-refractivity contribution is -0.137. The standard InChI is InChI=1S/C16H19BrFNO3/c1-10-5-11(2)8-19(7-10)15(20)9-22-16(21)13-6-12(17)3-4-14(13)18/h3-4,6,10-11H,5,7-9H2,1-2H3. The van der Waals surface area contributed by atoms with Gasteiger partial charge in [0.05, 0.1) is 5.56 Å². The Morgan fingerprint density at radius 1 is 1.32 bits per heavy atom. The molecule has 1 aliphatic rings. The number of halogens is 2. The predicted molar refractivity (Wildman–Crippen MR) is 83.9 cm³/mol. The molecular formula is C16H19BrFNO3. The number of piperidine rings is 1. The first-order valence-electron chi connectivity index (χ1n) is 7.26. The molecule has 1 amide bonds. The zero-order valence-electron chi connectivity index (χ0n) is 12.6. The van der Waals surface area contributed by atoms with Gasteiger partial charge in [-0.25, -0.2) is 9.18 Å². The molecule has 1 fully saturated rings. The molecule has 1 aliphatic heterocycles. The fourth-order valence-electron chi connectivity index (χ4n) is 2.82. The first-order chi connectivity index (χ1) is 10.4. The Bertz CT molecular complexity index is 569. The summed E-state index contributed by atoms with van der Waals surface area (Å²) in [6.07, 6.45) is 1.09. The van der Waals surface area contributed by atoms with Crippen molar-refractivity contribution < 1.29 is 18.7 Å². The Kier molecular flexibility index (Phi) is 5.56. The van der Waals surface area contributed by atoms with Crippen molar-refractivity contribution in [3.63, 3.8) is 0 Å². The van der Waals surface area contributed by atoms with Crippen LogP contribution in [0.25, 0.3) is 0 Å². The Hall–Kier alpha value is -1.43. The number of nitrogens with zero attached hydrogens (tertiary/aromatic N) is 1. The van der Waals surface area contributed by atoms with Crippen LogP contribution in [0.1, 0.15) is 30.6 Å². The highest BCUT2D eigenvalue weighted by Gasteiger charge is 2.26. The van der Waals surface area contributed by atoms with Crippen molar-refractivity contribution in [3.05, 3.63) is 34.1 Å². The van der Waals surface area contributed by atoms with E-state index in [1.54, 1.807) is 4.90 Å². The molecular weight excluding hydrogens is 353 g/mol. The second-order valence-corrected chi connectivity index (χ2v) is 6.86. The first-order valence-corrected chi connectivity index (χ1v) is 8.06. The van der Waals surface area contributed by atoms with Gasteiger partial charge >= 0.3 is 5.97 Å². The number of likely N-dealkylation sites (tertiary alicyclic amines) is 1. The number of amides is 1. The monoisotopic (exact) mass is 371 g/mol. The summed E-state index contributed by atoms with van der Waals surface area (Å²) in [6.45, 7) is 5.18. The summed E-state index contributed by atoms with van der Waals surface area (Å²) in [4.78, 5) is 25.7. The van der Waals surface area contributed by atoms with Crippen LogP contribution < -0.4 is 0 Å². The largest absolute Gasteiger partial charge is 0.452 e. The van der Waals surface area contributed by atoms with Crippen LogP contribution in [0.5, 0.6) is 0 Å². The third-order valence-electron chi connectivity index (χ3n) is 3.70. The normalized spacial score (nSPS) is 21.5. The van der Waals surface area contributed by atoms with Gasteiger partial charge in [-0.1, -0.05) is 29.8 Å². The van der Waals surface area contributed by atoms with Crippen LogP contribution in [-0.2, 0) is 9.53 Å². The maximum absolute atomic E-state index is 13.6. The number of hydrogen-bond donors (Lipinski definition) is 0. The summed E-state index contributed by atoms with van der Waals surface area (Å²) in [5, 5.41) is 0. The minimum absolute atomic E-state index is 0.178. The molecule has 1 heterocycles. The van der Waals surface area contributed by atoms with Crippen molar-refractivity contribution in [2.75, 3.05) is 19.7 Å². The summed E-state index contributed by atoms with van der Waals surface area (Å²) in [6, 6.07) is 4.01. The van der Waals surface area contributed by atoms with Crippen LogP contribution in [0.2, 0.25) is 0 Å². The van der Waals surface area contributed by atoms with E-state index in [1.165, 1.54) is 18.2 Å². The molecule has 0 bridgehead atoms. The quantitative estimate of drug-likeness (QED) is 0.766. The number of ether oxygens (including phenoxy) is 1. The van der Waals surface area contributed by atoms with Gasteiger partial charge in [0.15, 0.2) is 6.61 Å². The first kappa shape index (κ1) is 16.9. The van der Waals surface area contributed by atoms with Gasteiger partial charge in [-0.3, -0.25) is 4.79 Å². The van der Waals surface area contributed by atoms with E-state index in [2.05, 4.69) is 29.8 Å².